The molecular formula is C16H11Cl2N3O. The van der Waals surface area contributed by atoms with Crippen LogP contribution < -0.4 is 5.56 Å². The Labute approximate surface area is 136 Å². The van der Waals surface area contributed by atoms with Gasteiger partial charge in [0.05, 0.1) is 5.02 Å². The molecule has 0 saturated heterocycles. The minimum absolute atomic E-state index is 0.155. The van der Waals surface area contributed by atoms with Crippen LogP contribution in [0.3, 0.4) is 0 Å². The Bertz CT molecular complexity index is 948. The van der Waals surface area contributed by atoms with Crippen molar-refractivity contribution in [1.29, 1.82) is 0 Å². The topological polar surface area (TPSA) is 47.8 Å². The van der Waals surface area contributed by atoms with Crippen LogP contribution in [0.25, 0.3) is 22.4 Å². The van der Waals surface area contributed by atoms with Gasteiger partial charge in [0.15, 0.2) is 5.65 Å². The van der Waals surface area contributed by atoms with E-state index in [1.54, 1.807) is 29.0 Å². The molecule has 0 unspecified atom stereocenters. The Kier molecular flexibility index (Phi) is 3.17. The minimum Gasteiger partial charge on any atom is -0.286 e. The molecule has 0 atom stereocenters. The van der Waals surface area contributed by atoms with Crippen molar-refractivity contribution in [3.63, 3.8) is 0 Å². The van der Waals surface area contributed by atoms with Crippen molar-refractivity contribution < 1.29 is 0 Å². The molecule has 0 bridgehead atoms. The summed E-state index contributed by atoms with van der Waals surface area (Å²) < 4.78 is 1.74. The molecule has 6 heteroatoms. The molecule has 1 aliphatic rings. The number of benzene rings is 1. The maximum Gasteiger partial charge on any atom is 0.279 e. The SMILES string of the molecule is O=c1c(-c2ccc(Cl)cc2Cl)nc2cccnc2n1C1CC1. The average molecular weight is 332 g/mol. The number of pyridine rings is 1. The maximum absolute atomic E-state index is 12.9. The van der Waals surface area contributed by atoms with Gasteiger partial charge in [-0.15, -0.1) is 0 Å². The molecule has 110 valence electrons. The molecule has 4 nitrogen and oxygen atoms in total. The molecule has 4 rings (SSSR count). The summed E-state index contributed by atoms with van der Waals surface area (Å²) in [4.78, 5) is 21.7. The fraction of sp³-hybridized carbons (Fsp3) is 0.188. The summed E-state index contributed by atoms with van der Waals surface area (Å²) in [5, 5.41) is 0.946. The monoisotopic (exact) mass is 331 g/mol. The molecule has 0 amide bonds. The summed E-state index contributed by atoms with van der Waals surface area (Å²) in [6.07, 6.45) is 3.66. The number of fused-ring (bicyclic) bond motifs is 1. The van der Waals surface area contributed by atoms with Gasteiger partial charge in [-0.3, -0.25) is 9.36 Å². The summed E-state index contributed by atoms with van der Waals surface area (Å²) in [5.74, 6) is 0. The molecule has 2 aromatic heterocycles. The molecule has 0 N–H and O–H groups in total. The van der Waals surface area contributed by atoms with Gasteiger partial charge in [-0.05, 0) is 43.2 Å². The largest absolute Gasteiger partial charge is 0.286 e. The van der Waals surface area contributed by atoms with Crippen molar-refractivity contribution in [3.05, 3.63) is 56.9 Å². The van der Waals surface area contributed by atoms with Gasteiger partial charge in [0.25, 0.3) is 5.56 Å². The summed E-state index contributed by atoms with van der Waals surface area (Å²) in [5.41, 5.74) is 2.10. The quantitative estimate of drug-likeness (QED) is 0.710. The Morgan fingerprint density at radius 1 is 1.18 bits per heavy atom. The van der Waals surface area contributed by atoms with Gasteiger partial charge in [0.2, 0.25) is 0 Å². The highest BCUT2D eigenvalue weighted by atomic mass is 35.5. The van der Waals surface area contributed by atoms with Crippen LogP contribution in [0.5, 0.6) is 0 Å². The zero-order valence-electron chi connectivity index (χ0n) is 11.5. The number of hydrogen-bond donors (Lipinski definition) is 0. The fourth-order valence-corrected chi connectivity index (χ4v) is 3.07. The third-order valence-electron chi connectivity index (χ3n) is 3.75. The van der Waals surface area contributed by atoms with Crippen molar-refractivity contribution in [2.75, 3.05) is 0 Å². The Balaban J connectivity index is 2.06. The summed E-state index contributed by atoms with van der Waals surface area (Å²) in [6.45, 7) is 0. The van der Waals surface area contributed by atoms with Gasteiger partial charge in [0, 0.05) is 22.8 Å². The molecule has 0 aliphatic heterocycles. The van der Waals surface area contributed by atoms with Gasteiger partial charge in [-0.2, -0.15) is 0 Å². The molecule has 0 spiro atoms. The summed E-state index contributed by atoms with van der Waals surface area (Å²) in [7, 11) is 0. The lowest BCUT2D eigenvalue weighted by molar-refractivity contribution is 0.726. The molecule has 1 saturated carbocycles. The number of hydrogen-bond acceptors (Lipinski definition) is 3. The van der Waals surface area contributed by atoms with E-state index in [1.807, 2.05) is 12.1 Å². The van der Waals surface area contributed by atoms with Crippen molar-refractivity contribution in [1.82, 2.24) is 14.5 Å². The van der Waals surface area contributed by atoms with Gasteiger partial charge in [-0.25, -0.2) is 9.97 Å². The fourth-order valence-electron chi connectivity index (χ4n) is 2.57. The highest BCUT2D eigenvalue weighted by Crippen LogP contribution is 2.36. The number of rotatable bonds is 2. The Morgan fingerprint density at radius 2 is 2.00 bits per heavy atom. The van der Waals surface area contributed by atoms with Crippen LogP contribution in [0.1, 0.15) is 18.9 Å². The van der Waals surface area contributed by atoms with E-state index < -0.39 is 0 Å². The van der Waals surface area contributed by atoms with Crippen LogP contribution >= 0.6 is 23.2 Å². The van der Waals surface area contributed by atoms with E-state index in [0.29, 0.717) is 32.5 Å². The lowest BCUT2D eigenvalue weighted by Crippen LogP contribution is -2.23. The van der Waals surface area contributed by atoms with E-state index in [2.05, 4.69) is 9.97 Å². The lowest BCUT2D eigenvalue weighted by atomic mass is 10.1. The van der Waals surface area contributed by atoms with Crippen LogP contribution in [-0.4, -0.2) is 14.5 Å². The van der Waals surface area contributed by atoms with Crippen molar-refractivity contribution in [2.45, 2.75) is 18.9 Å². The third kappa shape index (κ3) is 2.19. The van der Waals surface area contributed by atoms with Gasteiger partial charge in [-0.1, -0.05) is 23.2 Å². The first-order valence-electron chi connectivity index (χ1n) is 6.98. The molecule has 1 aliphatic carbocycles. The lowest BCUT2D eigenvalue weighted by Gasteiger charge is -2.11. The third-order valence-corrected chi connectivity index (χ3v) is 4.29. The Hall–Kier alpha value is -1.91. The molecule has 1 fully saturated rings. The van der Waals surface area contributed by atoms with E-state index in [9.17, 15) is 4.79 Å². The standard InChI is InChI=1S/C16H11Cl2N3O/c17-9-3-6-11(12(18)8-9)14-16(22)21(10-4-5-10)15-13(20-14)2-1-7-19-15/h1-3,6-8,10H,4-5H2. The number of aromatic nitrogens is 3. The van der Waals surface area contributed by atoms with Gasteiger partial charge >= 0.3 is 0 Å². The van der Waals surface area contributed by atoms with Crippen LogP contribution in [-0.2, 0) is 0 Å². The van der Waals surface area contributed by atoms with Crippen LogP contribution in [0.4, 0.5) is 0 Å². The van der Waals surface area contributed by atoms with Crippen LogP contribution in [0.2, 0.25) is 10.0 Å². The van der Waals surface area contributed by atoms with E-state index in [4.69, 9.17) is 23.2 Å². The maximum atomic E-state index is 12.9. The summed E-state index contributed by atoms with van der Waals surface area (Å²) >= 11 is 12.2. The van der Waals surface area contributed by atoms with E-state index in [-0.39, 0.29) is 11.6 Å². The summed E-state index contributed by atoms with van der Waals surface area (Å²) in [6, 6.07) is 8.93. The molecule has 3 aromatic rings. The van der Waals surface area contributed by atoms with Crippen LogP contribution in [0, 0.1) is 0 Å². The first kappa shape index (κ1) is 13.7. The second-order valence-electron chi connectivity index (χ2n) is 5.34. The first-order chi connectivity index (χ1) is 10.6. The van der Waals surface area contributed by atoms with E-state index in [0.717, 1.165) is 12.8 Å². The molecule has 22 heavy (non-hydrogen) atoms. The number of nitrogens with zero attached hydrogens (tertiary/aromatic N) is 3. The zero-order chi connectivity index (χ0) is 15.3. The highest BCUT2D eigenvalue weighted by Gasteiger charge is 2.28. The van der Waals surface area contributed by atoms with Gasteiger partial charge < -0.3 is 0 Å². The zero-order valence-corrected chi connectivity index (χ0v) is 13.0. The van der Waals surface area contributed by atoms with E-state index >= 15 is 0 Å². The van der Waals surface area contributed by atoms with E-state index in [1.165, 1.54) is 0 Å². The van der Waals surface area contributed by atoms with Crippen molar-refractivity contribution in [2.24, 2.45) is 0 Å². The average Bonchev–Trinajstić information content (AvgIpc) is 3.32. The highest BCUT2D eigenvalue weighted by molar-refractivity contribution is 6.36. The predicted octanol–water partition coefficient (Wildman–Crippen LogP) is 4.10. The predicted molar refractivity (Wildman–Crippen MR) is 87.5 cm³/mol. The molecule has 1 aromatic carbocycles. The smallest absolute Gasteiger partial charge is 0.279 e. The molecular weight excluding hydrogens is 321 g/mol. The van der Waals surface area contributed by atoms with Crippen LogP contribution in [0.15, 0.2) is 41.3 Å². The normalized spacial score (nSPS) is 14.5. The number of halogens is 2. The molecule has 2 heterocycles. The second-order valence-corrected chi connectivity index (χ2v) is 6.18. The first-order valence-corrected chi connectivity index (χ1v) is 7.73. The van der Waals surface area contributed by atoms with Crippen molar-refractivity contribution >= 4 is 34.4 Å². The van der Waals surface area contributed by atoms with Gasteiger partial charge in [0.1, 0.15) is 11.2 Å². The molecule has 0 radical (unpaired) electrons. The Morgan fingerprint density at radius 3 is 2.73 bits per heavy atom. The van der Waals surface area contributed by atoms with Crippen molar-refractivity contribution in [3.8, 4) is 11.3 Å². The minimum atomic E-state index is -0.155. The second kappa shape index (κ2) is 5.07.